The van der Waals surface area contributed by atoms with E-state index in [1.54, 1.807) is 7.11 Å². The summed E-state index contributed by atoms with van der Waals surface area (Å²) in [5.74, 6) is -0.272. The first-order valence-corrected chi connectivity index (χ1v) is 9.63. The van der Waals surface area contributed by atoms with Crippen molar-refractivity contribution in [3.63, 3.8) is 0 Å². The molecular weight excluding hydrogens is 348 g/mol. The lowest BCUT2D eigenvalue weighted by molar-refractivity contribution is -0.118. The van der Waals surface area contributed by atoms with Gasteiger partial charge in [0.1, 0.15) is 5.00 Å². The molecule has 1 aromatic heterocycles. The average molecular weight is 375 g/mol. The Kier molecular flexibility index (Phi) is 4.84. The minimum Gasteiger partial charge on any atom is -0.383 e. The van der Waals surface area contributed by atoms with Gasteiger partial charge in [0.25, 0.3) is 5.91 Å². The number of hydrogen-bond donors (Lipinski definition) is 2. The summed E-state index contributed by atoms with van der Waals surface area (Å²) in [4.78, 5) is 25.6. The number of anilines is 1. The van der Waals surface area contributed by atoms with Crippen LogP contribution < -0.4 is 10.6 Å². The summed E-state index contributed by atoms with van der Waals surface area (Å²) >= 11 is 1.44. The molecule has 26 heavy (non-hydrogen) atoms. The highest BCUT2D eigenvalue weighted by Gasteiger charge is 2.68. The molecule has 0 radical (unpaired) electrons. The third-order valence-electron chi connectivity index (χ3n) is 5.93. The van der Waals surface area contributed by atoms with E-state index in [0.29, 0.717) is 23.7 Å². The van der Waals surface area contributed by atoms with Crippen molar-refractivity contribution in [1.29, 1.82) is 0 Å². The molecule has 0 atom stereocenters. The van der Waals surface area contributed by atoms with Crippen LogP contribution in [0.4, 0.5) is 5.00 Å². The van der Waals surface area contributed by atoms with Gasteiger partial charge in [0.15, 0.2) is 0 Å². The van der Waals surface area contributed by atoms with Crippen molar-refractivity contribution >= 4 is 38.2 Å². The molecule has 1 saturated carbocycles. The molecule has 5 nitrogen and oxygen atoms in total. The second kappa shape index (κ2) is 6.67. The Balaban J connectivity index is 1.89. The largest absolute Gasteiger partial charge is 0.383 e. The standard InChI is InChI=1S/C20H26N2O3S/c1-19(2)15(20(19,3)4)17(24)22-18-14(16(23)21-10-11-25-5)12-8-6-7-9-13(12)26-18/h6-9,15H,10-11H2,1-5H3,(H,21,23)(H,22,24). The van der Waals surface area contributed by atoms with Gasteiger partial charge in [-0.2, -0.15) is 0 Å². The molecule has 0 bridgehead atoms. The molecule has 0 aliphatic heterocycles. The predicted octanol–water partition coefficient (Wildman–Crippen LogP) is 3.90. The topological polar surface area (TPSA) is 67.4 Å². The highest BCUT2D eigenvalue weighted by molar-refractivity contribution is 7.23. The lowest BCUT2D eigenvalue weighted by Gasteiger charge is -2.09. The number of nitrogens with one attached hydrogen (secondary N) is 2. The number of methoxy groups -OCH3 is 1. The molecule has 1 aliphatic carbocycles. The highest BCUT2D eigenvalue weighted by Crippen LogP contribution is 2.68. The molecule has 2 aromatic rings. The Hall–Kier alpha value is -1.92. The van der Waals surface area contributed by atoms with Crippen LogP contribution in [0.5, 0.6) is 0 Å². The SMILES string of the molecule is COCCNC(=O)c1c(NC(=O)C2C(C)(C)C2(C)C)sc2ccccc12. The monoisotopic (exact) mass is 374 g/mol. The molecule has 1 heterocycles. The van der Waals surface area contributed by atoms with Crippen molar-refractivity contribution in [2.24, 2.45) is 16.7 Å². The molecule has 0 saturated heterocycles. The van der Waals surface area contributed by atoms with Crippen LogP contribution in [-0.4, -0.2) is 32.1 Å². The van der Waals surface area contributed by atoms with Gasteiger partial charge in [0.2, 0.25) is 5.91 Å². The van der Waals surface area contributed by atoms with E-state index in [0.717, 1.165) is 10.1 Å². The number of carbonyl (C=O) groups excluding carboxylic acids is 2. The van der Waals surface area contributed by atoms with E-state index in [4.69, 9.17) is 4.74 Å². The van der Waals surface area contributed by atoms with Gasteiger partial charge in [-0.25, -0.2) is 0 Å². The van der Waals surface area contributed by atoms with E-state index in [9.17, 15) is 9.59 Å². The smallest absolute Gasteiger partial charge is 0.255 e. The first kappa shape index (κ1) is 18.9. The maximum atomic E-state index is 12.9. The molecule has 1 aliphatic rings. The van der Waals surface area contributed by atoms with E-state index in [2.05, 4.69) is 38.3 Å². The van der Waals surface area contributed by atoms with Crippen LogP contribution in [0.2, 0.25) is 0 Å². The number of rotatable bonds is 6. The zero-order valence-corrected chi connectivity index (χ0v) is 16.8. The van der Waals surface area contributed by atoms with Gasteiger partial charge in [0, 0.05) is 29.7 Å². The second-order valence-corrected chi connectivity index (χ2v) is 8.97. The molecule has 6 heteroatoms. The van der Waals surface area contributed by atoms with Crippen LogP contribution in [0.3, 0.4) is 0 Å². The summed E-state index contributed by atoms with van der Waals surface area (Å²) in [5.41, 5.74) is 0.440. The summed E-state index contributed by atoms with van der Waals surface area (Å²) < 4.78 is 5.98. The quantitative estimate of drug-likeness (QED) is 0.754. The van der Waals surface area contributed by atoms with Crippen molar-refractivity contribution in [3.05, 3.63) is 29.8 Å². The van der Waals surface area contributed by atoms with Gasteiger partial charge in [-0.15, -0.1) is 11.3 Å². The fourth-order valence-electron chi connectivity index (χ4n) is 3.75. The van der Waals surface area contributed by atoms with Crippen molar-refractivity contribution in [2.75, 3.05) is 25.6 Å². The number of ether oxygens (including phenoxy) is 1. The van der Waals surface area contributed by atoms with Gasteiger partial charge in [-0.05, 0) is 16.9 Å². The Bertz CT molecular complexity index is 840. The first-order chi connectivity index (χ1) is 12.2. The number of thiophene rings is 1. The number of fused-ring (bicyclic) bond motifs is 1. The molecule has 0 spiro atoms. The number of carbonyl (C=O) groups is 2. The fourth-order valence-corrected chi connectivity index (χ4v) is 4.85. The molecule has 2 N–H and O–H groups in total. The van der Waals surface area contributed by atoms with Crippen LogP contribution in [0.25, 0.3) is 10.1 Å². The average Bonchev–Trinajstić information content (AvgIpc) is 2.84. The zero-order valence-electron chi connectivity index (χ0n) is 15.9. The zero-order chi connectivity index (χ0) is 19.1. The van der Waals surface area contributed by atoms with Gasteiger partial charge >= 0.3 is 0 Å². The van der Waals surface area contributed by atoms with Crippen LogP contribution in [-0.2, 0) is 9.53 Å². The number of amides is 2. The van der Waals surface area contributed by atoms with Gasteiger partial charge in [-0.1, -0.05) is 45.9 Å². The lowest BCUT2D eigenvalue weighted by atomic mass is 10.0. The summed E-state index contributed by atoms with van der Waals surface area (Å²) in [6.07, 6.45) is 0. The Morgan fingerprint density at radius 1 is 1.15 bits per heavy atom. The minimum absolute atomic E-state index is 0.0162. The molecule has 140 valence electrons. The number of hydrogen-bond acceptors (Lipinski definition) is 4. The summed E-state index contributed by atoms with van der Waals surface area (Å²) in [5, 5.41) is 7.37. The maximum Gasteiger partial charge on any atom is 0.255 e. The van der Waals surface area contributed by atoms with Crippen LogP contribution >= 0.6 is 11.3 Å². The van der Waals surface area contributed by atoms with Gasteiger partial charge in [0.05, 0.1) is 12.2 Å². The van der Waals surface area contributed by atoms with E-state index in [1.807, 2.05) is 24.3 Å². The molecule has 3 rings (SSSR count). The van der Waals surface area contributed by atoms with Crippen molar-refractivity contribution in [1.82, 2.24) is 5.32 Å². The molecule has 2 amide bonds. The lowest BCUT2D eigenvalue weighted by Crippen LogP contribution is -2.28. The third kappa shape index (κ3) is 3.01. The van der Waals surface area contributed by atoms with Crippen LogP contribution in [0.15, 0.2) is 24.3 Å². The van der Waals surface area contributed by atoms with E-state index >= 15 is 0 Å². The normalized spacial score (nSPS) is 17.9. The number of benzene rings is 1. The summed E-state index contributed by atoms with van der Waals surface area (Å²) in [6, 6.07) is 7.72. The van der Waals surface area contributed by atoms with Crippen LogP contribution in [0, 0.1) is 16.7 Å². The van der Waals surface area contributed by atoms with Gasteiger partial charge < -0.3 is 15.4 Å². The minimum atomic E-state index is -0.191. The Labute approximate surface area is 158 Å². The molecular formula is C20H26N2O3S. The van der Waals surface area contributed by atoms with Crippen LogP contribution in [0.1, 0.15) is 38.1 Å². The third-order valence-corrected chi connectivity index (χ3v) is 7.02. The van der Waals surface area contributed by atoms with Crippen molar-refractivity contribution < 1.29 is 14.3 Å². The molecule has 0 unspecified atom stereocenters. The Morgan fingerprint density at radius 3 is 2.42 bits per heavy atom. The Morgan fingerprint density at radius 2 is 1.81 bits per heavy atom. The van der Waals surface area contributed by atoms with E-state index in [1.165, 1.54) is 11.3 Å². The van der Waals surface area contributed by atoms with Crippen molar-refractivity contribution in [2.45, 2.75) is 27.7 Å². The van der Waals surface area contributed by atoms with E-state index in [-0.39, 0.29) is 28.6 Å². The van der Waals surface area contributed by atoms with Crippen molar-refractivity contribution in [3.8, 4) is 0 Å². The maximum absolute atomic E-state index is 12.9. The molecule has 1 fully saturated rings. The summed E-state index contributed by atoms with van der Waals surface area (Å²) in [6.45, 7) is 9.32. The fraction of sp³-hybridized carbons (Fsp3) is 0.500. The first-order valence-electron chi connectivity index (χ1n) is 8.81. The highest BCUT2D eigenvalue weighted by atomic mass is 32.1. The van der Waals surface area contributed by atoms with E-state index < -0.39 is 0 Å². The predicted molar refractivity (Wildman–Crippen MR) is 106 cm³/mol. The summed E-state index contributed by atoms with van der Waals surface area (Å²) in [7, 11) is 1.59. The second-order valence-electron chi connectivity index (χ2n) is 7.92. The van der Waals surface area contributed by atoms with Gasteiger partial charge in [-0.3, -0.25) is 9.59 Å². The molecule has 1 aromatic carbocycles.